The van der Waals surface area contributed by atoms with E-state index in [0.29, 0.717) is 17.3 Å². The third kappa shape index (κ3) is 6.92. The van der Waals surface area contributed by atoms with E-state index in [4.69, 9.17) is 21.4 Å². The standard InChI is InChI=1S/C25H29ClF3N3O2S/c1-24(13-4-14-35-3)16-31(30-23(24)18-5-9-20(26)10-6-18)15-22(33)32(17-34-2)21-11-7-19(8-12-21)25(27,28)29/h5-12H,4,13-17H2,1-3H3. The highest BCUT2D eigenvalue weighted by molar-refractivity contribution is 7.98. The van der Waals surface area contributed by atoms with Crippen LogP contribution in [0.5, 0.6) is 0 Å². The van der Waals surface area contributed by atoms with Crippen molar-refractivity contribution >= 4 is 40.7 Å². The molecule has 1 atom stereocenters. The van der Waals surface area contributed by atoms with Gasteiger partial charge in [-0.2, -0.15) is 30.0 Å². The van der Waals surface area contributed by atoms with Crippen LogP contribution in [0, 0.1) is 5.41 Å². The molecule has 5 nitrogen and oxygen atoms in total. The number of amides is 1. The van der Waals surface area contributed by atoms with Crippen LogP contribution in [0.25, 0.3) is 0 Å². The van der Waals surface area contributed by atoms with E-state index in [1.165, 1.54) is 24.1 Å². The molecule has 1 amide bonds. The Labute approximate surface area is 213 Å². The molecule has 0 bridgehead atoms. The smallest absolute Gasteiger partial charge is 0.364 e. The van der Waals surface area contributed by atoms with Gasteiger partial charge in [-0.15, -0.1) is 0 Å². The van der Waals surface area contributed by atoms with E-state index < -0.39 is 11.7 Å². The maximum absolute atomic E-state index is 13.2. The van der Waals surface area contributed by atoms with Crippen LogP contribution in [-0.4, -0.2) is 55.6 Å². The second kappa shape index (κ2) is 11.7. The van der Waals surface area contributed by atoms with Crippen molar-refractivity contribution in [3.63, 3.8) is 0 Å². The predicted octanol–water partition coefficient (Wildman–Crippen LogP) is 6.17. The van der Waals surface area contributed by atoms with Crippen molar-refractivity contribution < 1.29 is 22.7 Å². The molecule has 0 fully saturated rings. The van der Waals surface area contributed by atoms with E-state index in [1.54, 1.807) is 16.8 Å². The molecular formula is C25H29ClF3N3O2S. The number of rotatable bonds is 10. The van der Waals surface area contributed by atoms with Crippen LogP contribution in [-0.2, 0) is 15.7 Å². The van der Waals surface area contributed by atoms with Crippen molar-refractivity contribution in [2.45, 2.75) is 25.9 Å². The SMILES string of the molecule is COCN(C(=O)CN1CC(C)(CCCSC)C(c2ccc(Cl)cc2)=N1)c1ccc(C(F)(F)F)cc1. The number of carbonyl (C=O) groups excluding carboxylic acids is 1. The number of carbonyl (C=O) groups is 1. The molecule has 1 aliphatic rings. The van der Waals surface area contributed by atoms with Gasteiger partial charge in [-0.1, -0.05) is 30.7 Å². The van der Waals surface area contributed by atoms with Gasteiger partial charge in [0.05, 0.1) is 11.3 Å². The van der Waals surface area contributed by atoms with Crippen LogP contribution in [0.4, 0.5) is 18.9 Å². The van der Waals surface area contributed by atoms with E-state index in [1.807, 2.05) is 24.3 Å². The summed E-state index contributed by atoms with van der Waals surface area (Å²) in [6.07, 6.45) is -0.465. The molecule has 1 heterocycles. The van der Waals surface area contributed by atoms with Crippen molar-refractivity contribution in [2.75, 3.05) is 43.8 Å². The number of ether oxygens (including phenoxy) is 1. The summed E-state index contributed by atoms with van der Waals surface area (Å²) in [7, 11) is 1.43. The lowest BCUT2D eigenvalue weighted by Crippen LogP contribution is -2.41. The van der Waals surface area contributed by atoms with Gasteiger partial charge in [0.2, 0.25) is 5.91 Å². The number of benzene rings is 2. The minimum atomic E-state index is -4.45. The fraction of sp³-hybridized carbons (Fsp3) is 0.440. The quantitative estimate of drug-likeness (QED) is 0.274. The molecule has 0 aromatic heterocycles. The van der Waals surface area contributed by atoms with E-state index in [2.05, 4.69) is 13.2 Å². The summed E-state index contributed by atoms with van der Waals surface area (Å²) in [6.45, 7) is 2.59. The number of thioether (sulfide) groups is 1. The number of anilines is 1. The lowest BCUT2D eigenvalue weighted by Gasteiger charge is -2.28. The number of hydrazone groups is 1. The number of methoxy groups -OCH3 is 1. The van der Waals surface area contributed by atoms with Crippen molar-refractivity contribution in [1.29, 1.82) is 0 Å². The molecule has 0 radical (unpaired) electrons. The number of hydrogen-bond acceptors (Lipinski definition) is 5. The Kier molecular flexibility index (Phi) is 9.12. The van der Waals surface area contributed by atoms with E-state index in [9.17, 15) is 18.0 Å². The Morgan fingerprint density at radius 1 is 1.20 bits per heavy atom. The summed E-state index contributed by atoms with van der Waals surface area (Å²) in [6, 6.07) is 12.0. The second-order valence-corrected chi connectivity index (χ2v) is 10.1. The average molecular weight is 528 g/mol. The maximum atomic E-state index is 13.2. The summed E-state index contributed by atoms with van der Waals surface area (Å²) in [5, 5.41) is 7.17. The Morgan fingerprint density at radius 2 is 1.86 bits per heavy atom. The number of nitrogens with zero attached hydrogens (tertiary/aromatic N) is 3. The van der Waals surface area contributed by atoms with Gasteiger partial charge in [0.25, 0.3) is 0 Å². The molecule has 0 saturated carbocycles. The van der Waals surface area contributed by atoms with Gasteiger partial charge in [-0.05, 0) is 66.8 Å². The second-order valence-electron chi connectivity index (χ2n) is 8.72. The highest BCUT2D eigenvalue weighted by Gasteiger charge is 2.39. The highest BCUT2D eigenvalue weighted by atomic mass is 35.5. The van der Waals surface area contributed by atoms with Crippen molar-refractivity contribution in [2.24, 2.45) is 10.5 Å². The van der Waals surface area contributed by atoms with Gasteiger partial charge >= 0.3 is 6.18 Å². The Bertz CT molecular complexity index is 1030. The van der Waals surface area contributed by atoms with E-state index in [-0.39, 0.29) is 24.6 Å². The predicted molar refractivity (Wildman–Crippen MR) is 136 cm³/mol. The van der Waals surface area contributed by atoms with Gasteiger partial charge in [-0.25, -0.2) is 0 Å². The van der Waals surface area contributed by atoms with Gasteiger partial charge in [0.15, 0.2) is 0 Å². The zero-order chi connectivity index (χ0) is 25.6. The monoisotopic (exact) mass is 527 g/mol. The molecular weight excluding hydrogens is 499 g/mol. The largest absolute Gasteiger partial charge is 0.416 e. The zero-order valence-electron chi connectivity index (χ0n) is 19.9. The maximum Gasteiger partial charge on any atom is 0.416 e. The number of alkyl halides is 3. The lowest BCUT2D eigenvalue weighted by molar-refractivity contribution is -0.137. The first kappa shape index (κ1) is 27.4. The van der Waals surface area contributed by atoms with Crippen LogP contribution in [0.1, 0.15) is 30.9 Å². The third-order valence-electron chi connectivity index (χ3n) is 5.92. The zero-order valence-corrected chi connectivity index (χ0v) is 21.5. The first-order valence-electron chi connectivity index (χ1n) is 11.1. The highest BCUT2D eigenvalue weighted by Crippen LogP contribution is 2.36. The molecule has 1 aliphatic heterocycles. The average Bonchev–Trinajstić information content (AvgIpc) is 3.13. The summed E-state index contributed by atoms with van der Waals surface area (Å²) < 4.78 is 44.0. The van der Waals surface area contributed by atoms with Crippen molar-refractivity contribution in [3.8, 4) is 0 Å². The normalized spacial score (nSPS) is 18.0. The Hall–Kier alpha value is -2.23. The summed E-state index contributed by atoms with van der Waals surface area (Å²) in [5.41, 5.74) is 1.14. The number of hydrogen-bond donors (Lipinski definition) is 0. The minimum absolute atomic E-state index is 0.0282. The molecule has 0 aliphatic carbocycles. The van der Waals surface area contributed by atoms with Crippen LogP contribution in [0.3, 0.4) is 0 Å². The van der Waals surface area contributed by atoms with Crippen LogP contribution >= 0.6 is 23.4 Å². The van der Waals surface area contributed by atoms with Crippen LogP contribution < -0.4 is 4.90 Å². The molecule has 0 saturated heterocycles. The summed E-state index contributed by atoms with van der Waals surface area (Å²) in [4.78, 5) is 14.5. The first-order valence-corrected chi connectivity index (χ1v) is 12.9. The Balaban J connectivity index is 1.82. The van der Waals surface area contributed by atoms with E-state index >= 15 is 0 Å². The molecule has 0 spiro atoms. The Morgan fingerprint density at radius 3 is 2.43 bits per heavy atom. The topological polar surface area (TPSA) is 45.1 Å². The van der Waals surface area contributed by atoms with Gasteiger partial charge in [-0.3, -0.25) is 14.7 Å². The molecule has 35 heavy (non-hydrogen) atoms. The molecule has 2 aromatic rings. The fourth-order valence-electron chi connectivity index (χ4n) is 4.18. The molecule has 0 N–H and O–H groups in total. The number of halogens is 4. The van der Waals surface area contributed by atoms with Crippen LogP contribution in [0.2, 0.25) is 5.02 Å². The minimum Gasteiger partial charge on any atom is -0.364 e. The molecule has 3 rings (SSSR count). The molecule has 2 aromatic carbocycles. The van der Waals surface area contributed by atoms with Gasteiger partial charge in [0.1, 0.15) is 13.3 Å². The van der Waals surface area contributed by atoms with Crippen molar-refractivity contribution in [3.05, 3.63) is 64.7 Å². The fourth-order valence-corrected chi connectivity index (χ4v) is 4.74. The van der Waals surface area contributed by atoms with E-state index in [0.717, 1.165) is 42.0 Å². The molecule has 190 valence electrons. The van der Waals surface area contributed by atoms with Gasteiger partial charge in [0, 0.05) is 29.8 Å². The molecule has 10 heteroatoms. The van der Waals surface area contributed by atoms with Crippen LogP contribution in [0.15, 0.2) is 53.6 Å². The lowest BCUT2D eigenvalue weighted by atomic mass is 9.78. The first-order chi connectivity index (χ1) is 16.6. The van der Waals surface area contributed by atoms with Gasteiger partial charge < -0.3 is 4.74 Å². The molecule has 1 unspecified atom stereocenters. The third-order valence-corrected chi connectivity index (χ3v) is 6.87. The summed E-state index contributed by atoms with van der Waals surface area (Å²) >= 11 is 7.86. The van der Waals surface area contributed by atoms with Crippen molar-refractivity contribution in [1.82, 2.24) is 5.01 Å². The summed E-state index contributed by atoms with van der Waals surface area (Å²) in [5.74, 6) is 0.706.